The van der Waals surface area contributed by atoms with Gasteiger partial charge in [0.2, 0.25) is 0 Å². The van der Waals surface area contributed by atoms with E-state index in [4.69, 9.17) is 23.2 Å². The fourth-order valence-electron chi connectivity index (χ4n) is 2.63. The van der Waals surface area contributed by atoms with Crippen LogP contribution in [-0.2, 0) is 6.42 Å². The summed E-state index contributed by atoms with van der Waals surface area (Å²) in [5, 5.41) is 4.26. The number of pyridine rings is 1. The SMILES string of the molecule is Cc1nc(C(=O)N(C)C)ccc1C(=O)Nc1ncc(Cc2cccc(Cl)c2Cl)s1. The maximum atomic E-state index is 12.6. The number of halogens is 2. The van der Waals surface area contributed by atoms with Gasteiger partial charge in [0.1, 0.15) is 5.69 Å². The molecule has 0 atom stereocenters. The van der Waals surface area contributed by atoms with Crippen molar-refractivity contribution in [1.29, 1.82) is 0 Å². The summed E-state index contributed by atoms with van der Waals surface area (Å²) < 4.78 is 0. The Kier molecular flexibility index (Phi) is 6.52. The molecule has 29 heavy (non-hydrogen) atoms. The van der Waals surface area contributed by atoms with Gasteiger partial charge in [0.25, 0.3) is 11.8 Å². The van der Waals surface area contributed by atoms with Gasteiger partial charge in [-0.25, -0.2) is 9.97 Å². The van der Waals surface area contributed by atoms with Gasteiger partial charge in [0.15, 0.2) is 5.13 Å². The lowest BCUT2D eigenvalue weighted by atomic mass is 10.1. The molecule has 2 aromatic heterocycles. The molecule has 0 spiro atoms. The standard InChI is InChI=1S/C20H18Cl2N4O2S/c1-11-14(7-8-16(24-11)19(28)26(2)3)18(27)25-20-23-10-13(29-20)9-12-5-4-6-15(21)17(12)22/h4-8,10H,9H2,1-3H3,(H,23,25,27). The summed E-state index contributed by atoms with van der Waals surface area (Å²) in [7, 11) is 3.30. The maximum absolute atomic E-state index is 12.6. The molecule has 1 aromatic carbocycles. The highest BCUT2D eigenvalue weighted by Crippen LogP contribution is 2.29. The van der Waals surface area contributed by atoms with Crippen molar-refractivity contribution < 1.29 is 9.59 Å². The number of aryl methyl sites for hydroxylation is 1. The number of nitrogens with one attached hydrogen (secondary N) is 1. The molecule has 0 saturated carbocycles. The van der Waals surface area contributed by atoms with Crippen LogP contribution >= 0.6 is 34.5 Å². The first-order valence-electron chi connectivity index (χ1n) is 8.64. The number of benzene rings is 1. The van der Waals surface area contributed by atoms with Gasteiger partial charge in [-0.05, 0) is 30.7 Å². The van der Waals surface area contributed by atoms with Crippen LogP contribution in [0.2, 0.25) is 10.0 Å². The lowest BCUT2D eigenvalue weighted by Crippen LogP contribution is -2.23. The second kappa shape index (κ2) is 8.90. The Morgan fingerprint density at radius 1 is 1.17 bits per heavy atom. The second-order valence-electron chi connectivity index (χ2n) is 6.50. The van der Waals surface area contributed by atoms with Crippen molar-refractivity contribution in [3.63, 3.8) is 0 Å². The minimum atomic E-state index is -0.333. The van der Waals surface area contributed by atoms with Crippen LogP contribution in [0, 0.1) is 6.92 Å². The Morgan fingerprint density at radius 3 is 2.62 bits per heavy atom. The van der Waals surface area contributed by atoms with E-state index >= 15 is 0 Å². The van der Waals surface area contributed by atoms with E-state index in [-0.39, 0.29) is 11.8 Å². The Morgan fingerprint density at radius 2 is 1.93 bits per heavy atom. The lowest BCUT2D eigenvalue weighted by Gasteiger charge is -2.11. The molecule has 9 heteroatoms. The van der Waals surface area contributed by atoms with E-state index in [0.717, 1.165) is 10.4 Å². The normalized spacial score (nSPS) is 10.7. The van der Waals surface area contributed by atoms with Crippen molar-refractivity contribution in [2.45, 2.75) is 13.3 Å². The third-order valence-electron chi connectivity index (χ3n) is 4.13. The molecule has 2 heterocycles. The Bertz CT molecular complexity index is 1080. The number of carbonyl (C=O) groups excluding carboxylic acids is 2. The van der Waals surface area contributed by atoms with Gasteiger partial charge in [-0.15, -0.1) is 11.3 Å². The minimum Gasteiger partial charge on any atom is -0.343 e. The highest BCUT2D eigenvalue weighted by molar-refractivity contribution is 7.15. The maximum Gasteiger partial charge on any atom is 0.271 e. The van der Waals surface area contributed by atoms with Crippen molar-refractivity contribution in [2.24, 2.45) is 0 Å². The lowest BCUT2D eigenvalue weighted by molar-refractivity contribution is 0.0821. The van der Waals surface area contributed by atoms with Crippen molar-refractivity contribution in [3.05, 3.63) is 74.0 Å². The zero-order valence-electron chi connectivity index (χ0n) is 16.0. The van der Waals surface area contributed by atoms with E-state index < -0.39 is 0 Å². The number of rotatable bonds is 5. The van der Waals surface area contributed by atoms with Crippen LogP contribution in [0.5, 0.6) is 0 Å². The van der Waals surface area contributed by atoms with E-state index in [0.29, 0.717) is 38.5 Å². The highest BCUT2D eigenvalue weighted by atomic mass is 35.5. The number of aromatic nitrogens is 2. The van der Waals surface area contributed by atoms with Crippen molar-refractivity contribution in [3.8, 4) is 0 Å². The monoisotopic (exact) mass is 448 g/mol. The molecule has 0 saturated heterocycles. The highest BCUT2D eigenvalue weighted by Gasteiger charge is 2.16. The second-order valence-corrected chi connectivity index (χ2v) is 8.40. The average molecular weight is 449 g/mol. The molecule has 1 N–H and O–H groups in total. The molecule has 0 bridgehead atoms. The van der Waals surface area contributed by atoms with Gasteiger partial charge in [-0.2, -0.15) is 0 Å². The smallest absolute Gasteiger partial charge is 0.271 e. The molecule has 0 fully saturated rings. The van der Waals surface area contributed by atoms with Gasteiger partial charge in [0, 0.05) is 31.6 Å². The molecule has 0 radical (unpaired) electrons. The average Bonchev–Trinajstić information content (AvgIpc) is 3.11. The molecule has 0 unspecified atom stereocenters. The Hall–Kier alpha value is -2.48. The van der Waals surface area contributed by atoms with Crippen LogP contribution in [0.25, 0.3) is 0 Å². The van der Waals surface area contributed by atoms with Gasteiger partial charge in [-0.1, -0.05) is 35.3 Å². The number of anilines is 1. The molecule has 3 rings (SSSR count). The zero-order chi connectivity index (χ0) is 21.1. The molecule has 6 nitrogen and oxygen atoms in total. The summed E-state index contributed by atoms with van der Waals surface area (Å²) in [4.78, 5) is 35.5. The quantitative estimate of drug-likeness (QED) is 0.613. The summed E-state index contributed by atoms with van der Waals surface area (Å²) >= 11 is 13.6. The molecule has 0 aliphatic carbocycles. The number of nitrogens with zero attached hydrogens (tertiary/aromatic N) is 3. The molecule has 0 aliphatic rings. The van der Waals surface area contributed by atoms with Crippen molar-refractivity contribution in [1.82, 2.24) is 14.9 Å². The number of carbonyl (C=O) groups is 2. The third-order valence-corrected chi connectivity index (χ3v) is 5.90. The van der Waals surface area contributed by atoms with Gasteiger partial charge in [0.05, 0.1) is 21.3 Å². The van der Waals surface area contributed by atoms with E-state index in [1.54, 1.807) is 45.4 Å². The number of amides is 2. The summed E-state index contributed by atoms with van der Waals surface area (Å²) in [6, 6.07) is 8.61. The minimum absolute atomic E-state index is 0.218. The fourth-order valence-corrected chi connectivity index (χ4v) is 3.85. The fraction of sp³-hybridized carbons (Fsp3) is 0.200. The van der Waals surface area contributed by atoms with Crippen LogP contribution in [0.3, 0.4) is 0 Å². The zero-order valence-corrected chi connectivity index (χ0v) is 18.3. The largest absolute Gasteiger partial charge is 0.343 e. The molecule has 2 amide bonds. The summed E-state index contributed by atoms with van der Waals surface area (Å²) in [5.41, 5.74) is 2.04. The van der Waals surface area contributed by atoms with Gasteiger partial charge < -0.3 is 4.90 Å². The first-order chi connectivity index (χ1) is 13.8. The predicted octanol–water partition coefficient (Wildman–Crippen LogP) is 4.70. The van der Waals surface area contributed by atoms with Crippen molar-refractivity contribution >= 4 is 51.5 Å². The molecular weight excluding hydrogens is 431 g/mol. The topological polar surface area (TPSA) is 75.2 Å². The van der Waals surface area contributed by atoms with Crippen LogP contribution in [0.4, 0.5) is 5.13 Å². The number of hydrogen-bond acceptors (Lipinski definition) is 5. The van der Waals surface area contributed by atoms with E-state index in [9.17, 15) is 9.59 Å². The van der Waals surface area contributed by atoms with Gasteiger partial charge in [-0.3, -0.25) is 14.9 Å². The molecule has 3 aromatic rings. The van der Waals surface area contributed by atoms with Crippen LogP contribution in [-0.4, -0.2) is 40.8 Å². The van der Waals surface area contributed by atoms with E-state index in [1.165, 1.54) is 16.2 Å². The summed E-state index contributed by atoms with van der Waals surface area (Å²) in [5.74, 6) is -0.551. The summed E-state index contributed by atoms with van der Waals surface area (Å²) in [6.45, 7) is 1.69. The molecule has 0 aliphatic heterocycles. The molecular formula is C20H18Cl2N4O2S. The van der Waals surface area contributed by atoms with Crippen LogP contribution in [0.1, 0.15) is 37.0 Å². The van der Waals surface area contributed by atoms with Gasteiger partial charge >= 0.3 is 0 Å². The van der Waals surface area contributed by atoms with E-state index in [1.807, 2.05) is 12.1 Å². The number of thiazole rings is 1. The van der Waals surface area contributed by atoms with Crippen LogP contribution < -0.4 is 5.32 Å². The van der Waals surface area contributed by atoms with Crippen LogP contribution in [0.15, 0.2) is 36.5 Å². The Labute approximate surface area is 182 Å². The van der Waals surface area contributed by atoms with Crippen molar-refractivity contribution in [2.75, 3.05) is 19.4 Å². The Balaban J connectivity index is 1.72. The predicted molar refractivity (Wildman–Crippen MR) is 116 cm³/mol. The molecule has 150 valence electrons. The first kappa shape index (κ1) is 21.2. The van der Waals surface area contributed by atoms with E-state index in [2.05, 4.69) is 15.3 Å². The third kappa shape index (κ3) is 4.93. The first-order valence-corrected chi connectivity index (χ1v) is 10.2. The number of hydrogen-bond donors (Lipinski definition) is 1. The summed E-state index contributed by atoms with van der Waals surface area (Å²) in [6.07, 6.45) is 2.26.